The minimum Gasteiger partial charge on any atom is -0.341 e. The molecule has 0 saturated heterocycles. The molecule has 0 unspecified atom stereocenters. The van der Waals surface area contributed by atoms with Gasteiger partial charge in [0.1, 0.15) is 5.82 Å². The van der Waals surface area contributed by atoms with Gasteiger partial charge in [-0.25, -0.2) is 4.39 Å². The van der Waals surface area contributed by atoms with E-state index < -0.39 is 8.80 Å². The lowest BCUT2D eigenvalue weighted by molar-refractivity contribution is 0.411. The second kappa shape index (κ2) is 10.00. The molecule has 180 valence electrons. The molecule has 0 aliphatic carbocycles. The predicted molar refractivity (Wildman–Crippen MR) is 155 cm³/mol. The van der Waals surface area contributed by atoms with Crippen LogP contribution in [-0.2, 0) is 5.54 Å². The van der Waals surface area contributed by atoms with Gasteiger partial charge >= 0.3 is 0 Å². The molecule has 3 aromatic carbocycles. The Balaban J connectivity index is 1.93. The van der Waals surface area contributed by atoms with Gasteiger partial charge in [0.15, 0.2) is 8.80 Å². The van der Waals surface area contributed by atoms with Crippen LogP contribution >= 0.6 is 15.9 Å². The van der Waals surface area contributed by atoms with Gasteiger partial charge in [0.05, 0.1) is 5.69 Å². The number of benzene rings is 3. The maximum atomic E-state index is 14.0. The van der Waals surface area contributed by atoms with E-state index in [-0.39, 0.29) is 11.4 Å². The maximum Gasteiger partial charge on any atom is 0.154 e. The smallest absolute Gasteiger partial charge is 0.154 e. The summed E-state index contributed by atoms with van der Waals surface area (Å²) in [6, 6.07) is 32.6. The van der Waals surface area contributed by atoms with E-state index in [2.05, 4.69) is 107 Å². The highest BCUT2D eigenvalue weighted by atomic mass is 79.9. The van der Waals surface area contributed by atoms with Crippen molar-refractivity contribution in [3.8, 4) is 22.4 Å². The number of halogens is 2. The number of aromatic nitrogens is 2. The van der Waals surface area contributed by atoms with Crippen LogP contribution in [0.1, 0.15) is 20.8 Å². The molecule has 0 bridgehead atoms. The minimum absolute atomic E-state index is 0.234. The second-order valence-corrected chi connectivity index (χ2v) is 13.5. The largest absolute Gasteiger partial charge is 0.341 e. The SMILES string of the molecule is CC(C)(C)n1c(-c2ccc(F)cc2)c(-c2ccncc2)c(Br)c1[SiH](c1ccccc1)c1ccccc1. The Kier molecular flexibility index (Phi) is 6.78. The Morgan fingerprint density at radius 3 is 1.75 bits per heavy atom. The molecule has 0 N–H and O–H groups in total. The predicted octanol–water partition coefficient (Wildman–Crippen LogP) is 6.12. The zero-order valence-electron chi connectivity index (χ0n) is 20.6. The molecule has 5 aromatic rings. The molecule has 36 heavy (non-hydrogen) atoms. The zero-order valence-corrected chi connectivity index (χ0v) is 23.4. The molecule has 5 heteroatoms. The van der Waals surface area contributed by atoms with Crippen molar-refractivity contribution in [2.24, 2.45) is 0 Å². The summed E-state index contributed by atoms with van der Waals surface area (Å²) in [6.07, 6.45) is 3.65. The summed E-state index contributed by atoms with van der Waals surface area (Å²) in [5.41, 5.74) is 4.02. The Labute approximate surface area is 222 Å². The third-order valence-electron chi connectivity index (χ3n) is 6.44. The van der Waals surface area contributed by atoms with Crippen LogP contribution in [0, 0.1) is 5.82 Å². The van der Waals surface area contributed by atoms with E-state index in [1.54, 1.807) is 12.1 Å². The molecule has 0 spiro atoms. The van der Waals surface area contributed by atoms with Crippen LogP contribution in [0.25, 0.3) is 22.4 Å². The van der Waals surface area contributed by atoms with Crippen LogP contribution in [0.15, 0.2) is 114 Å². The van der Waals surface area contributed by atoms with Crippen molar-refractivity contribution < 1.29 is 4.39 Å². The Morgan fingerprint density at radius 2 is 1.25 bits per heavy atom. The number of hydrogen-bond donors (Lipinski definition) is 0. The number of pyridine rings is 1. The van der Waals surface area contributed by atoms with Crippen LogP contribution in [-0.4, -0.2) is 18.3 Å². The fourth-order valence-corrected chi connectivity index (χ4v) is 9.66. The third kappa shape index (κ3) is 4.61. The van der Waals surface area contributed by atoms with Crippen molar-refractivity contribution in [3.05, 3.63) is 120 Å². The quantitative estimate of drug-likeness (QED) is 0.239. The third-order valence-corrected chi connectivity index (χ3v) is 10.9. The highest BCUT2D eigenvalue weighted by molar-refractivity contribution is 9.10. The highest BCUT2D eigenvalue weighted by Gasteiger charge is 2.35. The van der Waals surface area contributed by atoms with Gasteiger partial charge in [-0.15, -0.1) is 0 Å². The molecular weight excluding hydrogens is 527 g/mol. The Morgan fingerprint density at radius 1 is 0.722 bits per heavy atom. The van der Waals surface area contributed by atoms with E-state index >= 15 is 0 Å². The Hall–Kier alpha value is -3.28. The number of rotatable bonds is 5. The molecule has 2 nitrogen and oxygen atoms in total. The topological polar surface area (TPSA) is 17.8 Å². The van der Waals surface area contributed by atoms with E-state index in [1.165, 1.54) is 15.7 Å². The number of hydrogen-bond acceptors (Lipinski definition) is 1. The van der Waals surface area contributed by atoms with Gasteiger partial charge < -0.3 is 4.57 Å². The van der Waals surface area contributed by atoms with Gasteiger partial charge in [0.25, 0.3) is 0 Å². The van der Waals surface area contributed by atoms with E-state index in [4.69, 9.17) is 0 Å². The molecule has 0 aliphatic rings. The maximum absolute atomic E-state index is 14.0. The molecule has 0 amide bonds. The average molecular weight is 556 g/mol. The molecule has 2 aromatic heterocycles. The molecule has 0 aliphatic heterocycles. The van der Waals surface area contributed by atoms with Crippen molar-refractivity contribution >= 4 is 40.4 Å². The van der Waals surface area contributed by atoms with Gasteiger partial charge in [-0.2, -0.15) is 0 Å². The lowest BCUT2D eigenvalue weighted by Gasteiger charge is -2.31. The van der Waals surface area contributed by atoms with Gasteiger partial charge in [-0.05, 0) is 84.2 Å². The van der Waals surface area contributed by atoms with Crippen molar-refractivity contribution in [1.82, 2.24) is 9.55 Å². The first-order valence-electron chi connectivity index (χ1n) is 12.1. The van der Waals surface area contributed by atoms with Crippen LogP contribution < -0.4 is 15.7 Å². The average Bonchev–Trinajstić information content (AvgIpc) is 3.19. The Bertz CT molecular complexity index is 1420. The second-order valence-electron chi connectivity index (χ2n) is 9.93. The van der Waals surface area contributed by atoms with Crippen LogP contribution in [0.3, 0.4) is 0 Å². The standard InChI is InChI=1S/C31H28BrFN2Si/c1-31(2,3)35-29(23-14-16-24(33)17-15-23)27(22-18-20-34-21-19-22)28(32)30(35)36(25-10-6-4-7-11-25)26-12-8-5-9-13-26/h4-21,36H,1-3H3. The van der Waals surface area contributed by atoms with Crippen LogP contribution in [0.4, 0.5) is 4.39 Å². The summed E-state index contributed by atoms with van der Waals surface area (Å²) in [5, 5.41) is 3.99. The fourth-order valence-electron chi connectivity index (χ4n) is 4.98. The summed E-state index contributed by atoms with van der Waals surface area (Å²) >= 11 is 4.11. The molecule has 0 atom stereocenters. The minimum atomic E-state index is -1.93. The summed E-state index contributed by atoms with van der Waals surface area (Å²) in [5.74, 6) is -0.238. The van der Waals surface area contributed by atoms with Gasteiger partial charge in [-0.1, -0.05) is 71.0 Å². The first kappa shape index (κ1) is 24.4. The van der Waals surface area contributed by atoms with E-state index in [0.717, 1.165) is 26.9 Å². The number of nitrogens with zero attached hydrogens (tertiary/aromatic N) is 2. The molecule has 0 fully saturated rings. The molecular formula is C31H28BrFN2Si. The summed E-state index contributed by atoms with van der Waals surface area (Å²) in [7, 11) is -1.93. The van der Waals surface area contributed by atoms with Crippen molar-refractivity contribution in [3.63, 3.8) is 0 Å². The molecule has 0 saturated carbocycles. The molecule has 0 radical (unpaired) electrons. The van der Waals surface area contributed by atoms with E-state index in [9.17, 15) is 4.39 Å². The molecule has 5 rings (SSSR count). The summed E-state index contributed by atoms with van der Waals surface area (Å²) in [4.78, 5) is 4.26. The summed E-state index contributed by atoms with van der Waals surface area (Å²) in [6.45, 7) is 6.73. The van der Waals surface area contributed by atoms with Gasteiger partial charge in [0.2, 0.25) is 0 Å². The van der Waals surface area contributed by atoms with Crippen LogP contribution in [0.5, 0.6) is 0 Å². The van der Waals surface area contributed by atoms with Crippen LogP contribution in [0.2, 0.25) is 0 Å². The van der Waals surface area contributed by atoms with Crippen molar-refractivity contribution in [2.75, 3.05) is 0 Å². The van der Waals surface area contributed by atoms with Gasteiger partial charge in [0, 0.05) is 33.3 Å². The first-order valence-corrected chi connectivity index (χ1v) is 14.6. The highest BCUT2D eigenvalue weighted by Crippen LogP contribution is 2.41. The van der Waals surface area contributed by atoms with E-state index in [0.29, 0.717) is 0 Å². The lowest BCUT2D eigenvalue weighted by atomic mass is 10.0. The summed E-state index contributed by atoms with van der Waals surface area (Å²) < 4.78 is 17.6. The van der Waals surface area contributed by atoms with Crippen molar-refractivity contribution in [2.45, 2.75) is 26.3 Å². The van der Waals surface area contributed by atoms with Gasteiger partial charge in [-0.3, -0.25) is 4.98 Å². The molecule has 2 heterocycles. The lowest BCUT2D eigenvalue weighted by Crippen LogP contribution is -2.57. The fraction of sp³-hybridized carbons (Fsp3) is 0.129. The normalized spacial score (nSPS) is 11.7. The first-order chi connectivity index (χ1) is 17.4. The van der Waals surface area contributed by atoms with E-state index in [1.807, 2.05) is 36.7 Å². The monoisotopic (exact) mass is 554 g/mol. The van der Waals surface area contributed by atoms with Crippen molar-refractivity contribution in [1.29, 1.82) is 0 Å². The zero-order chi connectivity index (χ0) is 25.3.